The molecule has 13 heteroatoms. The first-order valence-corrected chi connectivity index (χ1v) is 12.3. The molecule has 0 saturated carbocycles. The molecule has 0 aliphatic carbocycles. The number of benzene rings is 2. The van der Waals surface area contributed by atoms with Gasteiger partial charge in [-0.3, -0.25) is 10.1 Å². The second-order valence-electron chi connectivity index (χ2n) is 8.65. The fraction of sp³-hybridized carbons (Fsp3) is 0.148. The van der Waals surface area contributed by atoms with E-state index in [4.69, 9.17) is 36.2 Å². The molecule has 1 atom stereocenters. The summed E-state index contributed by atoms with van der Waals surface area (Å²) in [5.74, 6) is -0.0955. The Labute approximate surface area is 233 Å². The van der Waals surface area contributed by atoms with Gasteiger partial charge in [-0.15, -0.1) is 0 Å². The highest BCUT2D eigenvalue weighted by atomic mass is 35.5. The molecule has 204 valence electrons. The van der Waals surface area contributed by atoms with Crippen LogP contribution in [-0.2, 0) is 9.53 Å². The number of amides is 1. The van der Waals surface area contributed by atoms with Crippen LogP contribution in [0.2, 0.25) is 5.02 Å². The number of aliphatic imine (C=N–C) groups is 1. The molecule has 0 fully saturated rings. The van der Waals surface area contributed by atoms with Crippen LogP contribution in [0, 0.1) is 0 Å². The summed E-state index contributed by atoms with van der Waals surface area (Å²) >= 11 is 6.62. The Morgan fingerprint density at radius 1 is 1.15 bits per heavy atom. The van der Waals surface area contributed by atoms with E-state index in [0.717, 1.165) is 0 Å². The molecule has 0 bridgehead atoms. The molecule has 2 aromatic carbocycles. The number of rotatable bonds is 6. The Hall–Kier alpha value is -5.10. The number of methoxy groups -OCH3 is 2. The van der Waals surface area contributed by atoms with Crippen molar-refractivity contribution >= 4 is 58.1 Å². The minimum absolute atomic E-state index is 0.156. The van der Waals surface area contributed by atoms with Crippen molar-refractivity contribution in [2.24, 2.45) is 4.99 Å². The van der Waals surface area contributed by atoms with Gasteiger partial charge in [0.15, 0.2) is 5.58 Å². The van der Waals surface area contributed by atoms with E-state index in [1.807, 2.05) is 0 Å². The number of fused-ring (bicyclic) bond motifs is 1. The summed E-state index contributed by atoms with van der Waals surface area (Å²) in [6.45, 7) is 1.72. The normalized spacial score (nSPS) is 14.8. The summed E-state index contributed by atoms with van der Waals surface area (Å²) in [7, 11) is 2.80. The number of para-hydroxylation sites is 1. The van der Waals surface area contributed by atoms with Crippen molar-refractivity contribution in [2.75, 3.05) is 30.6 Å². The highest BCUT2D eigenvalue weighted by Gasteiger charge is 2.31. The van der Waals surface area contributed by atoms with Gasteiger partial charge in [-0.05, 0) is 43.3 Å². The van der Waals surface area contributed by atoms with E-state index in [0.29, 0.717) is 38.8 Å². The fourth-order valence-corrected chi connectivity index (χ4v) is 4.44. The number of pyridine rings is 1. The maximum Gasteiger partial charge on any atom is 0.338 e. The summed E-state index contributed by atoms with van der Waals surface area (Å²) < 4.78 is 15.8. The molecule has 0 saturated heterocycles. The van der Waals surface area contributed by atoms with Gasteiger partial charge < -0.3 is 30.3 Å². The van der Waals surface area contributed by atoms with Gasteiger partial charge in [-0.1, -0.05) is 23.7 Å². The van der Waals surface area contributed by atoms with Gasteiger partial charge in [-0.25, -0.2) is 14.8 Å². The van der Waals surface area contributed by atoms with E-state index in [2.05, 4.69) is 25.9 Å². The summed E-state index contributed by atoms with van der Waals surface area (Å²) in [6, 6.07) is 12.6. The van der Waals surface area contributed by atoms with Gasteiger partial charge in [0.05, 0.1) is 31.0 Å². The van der Waals surface area contributed by atoms with Crippen molar-refractivity contribution in [3.63, 3.8) is 0 Å². The lowest BCUT2D eigenvalue weighted by atomic mass is 9.95. The number of oxazole rings is 1. The number of ether oxygens (including phenoxy) is 2. The predicted octanol–water partition coefficient (Wildman–Crippen LogP) is 4.28. The summed E-state index contributed by atoms with van der Waals surface area (Å²) in [5.41, 5.74) is 8.98. The minimum Gasteiger partial charge on any atom is -0.497 e. The number of nitrogens with two attached hydrogens (primary N) is 1. The molecule has 40 heavy (non-hydrogen) atoms. The Morgan fingerprint density at radius 3 is 2.70 bits per heavy atom. The molecule has 12 nitrogen and oxygen atoms in total. The van der Waals surface area contributed by atoms with Crippen LogP contribution in [0.1, 0.15) is 28.9 Å². The van der Waals surface area contributed by atoms with Gasteiger partial charge in [-0.2, -0.15) is 4.98 Å². The summed E-state index contributed by atoms with van der Waals surface area (Å²) in [6.07, 6.45) is 1.40. The number of nitrogens with zero attached hydrogens (tertiary/aromatic N) is 3. The lowest BCUT2D eigenvalue weighted by molar-refractivity contribution is -0.113. The Balaban J connectivity index is 1.50. The third-order valence-electron chi connectivity index (χ3n) is 6.08. The van der Waals surface area contributed by atoms with Gasteiger partial charge in [0, 0.05) is 22.5 Å². The van der Waals surface area contributed by atoms with E-state index in [-0.39, 0.29) is 28.9 Å². The Morgan fingerprint density at radius 2 is 1.98 bits per heavy atom. The van der Waals surface area contributed by atoms with Crippen LogP contribution in [-0.4, -0.2) is 42.0 Å². The SMILES string of the molecule is COC(=O)c1ccnc(NC(=O)C2=C(C)NC(Nc3nc4cccc(N)c4o3)=N[C@H]2c2ccc(OC)cc2Cl)c1. The third-order valence-corrected chi connectivity index (χ3v) is 6.41. The zero-order valence-electron chi connectivity index (χ0n) is 21.6. The number of anilines is 3. The first-order valence-electron chi connectivity index (χ1n) is 11.9. The minimum atomic E-state index is -0.847. The molecule has 0 unspecified atom stereocenters. The van der Waals surface area contributed by atoms with Crippen molar-refractivity contribution < 1.29 is 23.5 Å². The number of nitrogens with one attached hydrogen (secondary N) is 3. The van der Waals surface area contributed by atoms with Crippen molar-refractivity contribution in [3.05, 3.63) is 82.1 Å². The Kier molecular flexibility index (Phi) is 7.25. The average Bonchev–Trinajstić information content (AvgIpc) is 3.36. The molecule has 5 rings (SSSR count). The van der Waals surface area contributed by atoms with Crippen molar-refractivity contribution in [1.29, 1.82) is 0 Å². The number of carbonyl (C=O) groups is 2. The van der Waals surface area contributed by atoms with Gasteiger partial charge in [0.1, 0.15) is 23.1 Å². The fourth-order valence-electron chi connectivity index (χ4n) is 4.17. The standard InChI is InChI=1S/C27H24ClN7O5/c1-13-21(24(36)33-20-11-14(9-10-30-20)25(37)39-3)22(16-8-7-15(38-2)12-17(16)28)34-26(31-13)35-27-32-19-6-4-5-18(29)23(19)40-27/h4-12,22H,29H2,1-3H3,(H,30,33,36)(H2,31,32,34,35)/t22-/m0/s1. The highest BCUT2D eigenvalue weighted by Crippen LogP contribution is 2.37. The third kappa shape index (κ3) is 5.24. The molecule has 1 aliphatic rings. The molecule has 3 heterocycles. The van der Waals surface area contributed by atoms with Crippen molar-refractivity contribution in [2.45, 2.75) is 13.0 Å². The molecule has 4 aromatic rings. The number of hydrogen-bond acceptors (Lipinski definition) is 11. The van der Waals surface area contributed by atoms with Crippen LogP contribution in [0.4, 0.5) is 17.5 Å². The first kappa shape index (κ1) is 26.5. The lowest BCUT2D eigenvalue weighted by Crippen LogP contribution is -2.37. The second-order valence-corrected chi connectivity index (χ2v) is 9.05. The predicted molar refractivity (Wildman–Crippen MR) is 150 cm³/mol. The number of hydrogen-bond donors (Lipinski definition) is 4. The molecule has 5 N–H and O–H groups in total. The van der Waals surface area contributed by atoms with Gasteiger partial charge in [0.2, 0.25) is 5.96 Å². The van der Waals surface area contributed by atoms with E-state index >= 15 is 0 Å². The van der Waals surface area contributed by atoms with Crippen LogP contribution in [0.25, 0.3) is 11.1 Å². The first-order chi connectivity index (χ1) is 19.3. The van der Waals surface area contributed by atoms with E-state index < -0.39 is 17.9 Å². The molecule has 0 radical (unpaired) electrons. The molecular formula is C27H24ClN7O5. The van der Waals surface area contributed by atoms with Crippen LogP contribution >= 0.6 is 11.6 Å². The number of carbonyl (C=O) groups excluding carboxylic acids is 2. The average molecular weight is 562 g/mol. The van der Waals surface area contributed by atoms with E-state index in [9.17, 15) is 9.59 Å². The maximum atomic E-state index is 13.6. The van der Waals surface area contributed by atoms with Gasteiger partial charge in [0.25, 0.3) is 5.91 Å². The monoisotopic (exact) mass is 561 g/mol. The Bertz CT molecular complexity index is 1700. The largest absolute Gasteiger partial charge is 0.497 e. The lowest BCUT2D eigenvalue weighted by Gasteiger charge is -2.27. The van der Waals surface area contributed by atoms with Crippen LogP contribution in [0.5, 0.6) is 5.75 Å². The molecule has 0 spiro atoms. The number of guanidine groups is 1. The van der Waals surface area contributed by atoms with Crippen LogP contribution in [0.15, 0.2) is 75.4 Å². The number of nitrogen functional groups attached to an aromatic ring is 1. The van der Waals surface area contributed by atoms with Crippen LogP contribution < -0.4 is 26.4 Å². The van der Waals surface area contributed by atoms with Crippen LogP contribution in [0.3, 0.4) is 0 Å². The number of halogens is 1. The van der Waals surface area contributed by atoms with Gasteiger partial charge >= 0.3 is 12.0 Å². The smallest absolute Gasteiger partial charge is 0.338 e. The van der Waals surface area contributed by atoms with E-state index in [1.165, 1.54) is 32.5 Å². The zero-order valence-corrected chi connectivity index (χ0v) is 22.4. The topological polar surface area (TPSA) is 166 Å². The zero-order chi connectivity index (χ0) is 28.4. The second kappa shape index (κ2) is 10.9. The van der Waals surface area contributed by atoms with Crippen molar-refractivity contribution in [3.8, 4) is 5.75 Å². The molecule has 1 aliphatic heterocycles. The number of aromatic nitrogens is 2. The molecule has 1 amide bonds. The molecular weight excluding hydrogens is 538 g/mol. The number of esters is 1. The van der Waals surface area contributed by atoms with Crippen molar-refractivity contribution in [1.82, 2.24) is 15.3 Å². The highest BCUT2D eigenvalue weighted by molar-refractivity contribution is 6.31. The summed E-state index contributed by atoms with van der Waals surface area (Å²) in [5, 5.41) is 9.17. The number of allylic oxidation sites excluding steroid dienone is 1. The van der Waals surface area contributed by atoms with E-state index in [1.54, 1.807) is 43.3 Å². The summed E-state index contributed by atoms with van der Waals surface area (Å²) in [4.78, 5) is 38.8. The quantitative estimate of drug-likeness (QED) is 0.197. The molecule has 2 aromatic heterocycles. The maximum absolute atomic E-state index is 13.6.